The maximum Gasteiger partial charge on any atom is 0.293 e. The van der Waals surface area contributed by atoms with Gasteiger partial charge in [-0.05, 0) is 11.3 Å². The number of aromatic amines is 1. The molecular formula is C9H7F2N5O. The monoisotopic (exact) mass is 239 g/mol. The highest BCUT2D eigenvalue weighted by atomic mass is 19.1. The van der Waals surface area contributed by atoms with Gasteiger partial charge in [0.2, 0.25) is 0 Å². The molecule has 2 aromatic rings. The van der Waals surface area contributed by atoms with E-state index in [2.05, 4.69) is 25.9 Å². The smallest absolute Gasteiger partial charge is 0.293 e. The molecule has 0 bridgehead atoms. The Morgan fingerprint density at radius 1 is 1.41 bits per heavy atom. The molecule has 2 rings (SSSR count). The lowest BCUT2D eigenvalue weighted by molar-refractivity contribution is 0.0940. The summed E-state index contributed by atoms with van der Waals surface area (Å²) in [6, 6.07) is 3.11. The topological polar surface area (TPSA) is 83.6 Å². The maximum atomic E-state index is 13.2. The number of carbonyl (C=O) groups excluding carboxylic acids is 1. The molecule has 0 aliphatic rings. The van der Waals surface area contributed by atoms with Gasteiger partial charge in [0.1, 0.15) is 11.6 Å². The largest absolute Gasteiger partial charge is 0.345 e. The minimum absolute atomic E-state index is 0.0838. The number of tetrazole rings is 1. The highest BCUT2D eigenvalue weighted by Gasteiger charge is 2.11. The molecule has 2 N–H and O–H groups in total. The number of benzene rings is 1. The number of carbonyl (C=O) groups is 1. The van der Waals surface area contributed by atoms with E-state index in [-0.39, 0.29) is 17.9 Å². The van der Waals surface area contributed by atoms with Gasteiger partial charge in [0.15, 0.2) is 0 Å². The number of H-pyrrole nitrogens is 1. The summed E-state index contributed by atoms with van der Waals surface area (Å²) in [4.78, 5) is 11.4. The molecule has 1 amide bonds. The Labute approximate surface area is 94.0 Å². The Hall–Kier alpha value is -2.38. The van der Waals surface area contributed by atoms with Gasteiger partial charge in [0.05, 0.1) is 0 Å². The molecular weight excluding hydrogens is 232 g/mol. The van der Waals surface area contributed by atoms with E-state index < -0.39 is 17.5 Å². The quantitative estimate of drug-likeness (QED) is 0.812. The summed E-state index contributed by atoms with van der Waals surface area (Å²) in [6.45, 7) is -0.0838. The summed E-state index contributed by atoms with van der Waals surface area (Å²) in [5.74, 6) is -2.14. The lowest BCUT2D eigenvalue weighted by Gasteiger charge is -2.03. The van der Waals surface area contributed by atoms with Crippen LogP contribution in [0.5, 0.6) is 0 Å². The summed E-state index contributed by atoms with van der Waals surface area (Å²) in [6.07, 6.45) is 0. The second-order valence-corrected chi connectivity index (χ2v) is 3.15. The van der Waals surface area contributed by atoms with Crippen molar-refractivity contribution in [2.75, 3.05) is 0 Å². The third-order valence-electron chi connectivity index (χ3n) is 2.00. The van der Waals surface area contributed by atoms with Crippen molar-refractivity contribution in [3.63, 3.8) is 0 Å². The van der Waals surface area contributed by atoms with E-state index in [0.29, 0.717) is 0 Å². The molecule has 8 heteroatoms. The number of nitrogens with one attached hydrogen (secondary N) is 2. The molecule has 1 heterocycles. The van der Waals surface area contributed by atoms with Crippen molar-refractivity contribution in [1.82, 2.24) is 25.9 Å². The van der Waals surface area contributed by atoms with Crippen LogP contribution in [0.25, 0.3) is 0 Å². The summed E-state index contributed by atoms with van der Waals surface area (Å²) >= 11 is 0. The SMILES string of the molecule is O=C(NCc1ccc(F)cc1F)c1nn[nH]n1. The van der Waals surface area contributed by atoms with Crippen LogP contribution in [0.4, 0.5) is 8.78 Å². The number of aromatic nitrogens is 4. The van der Waals surface area contributed by atoms with Gasteiger partial charge in [0, 0.05) is 18.2 Å². The molecule has 0 fully saturated rings. The van der Waals surface area contributed by atoms with Crippen LogP contribution < -0.4 is 5.32 Å². The lowest BCUT2D eigenvalue weighted by Crippen LogP contribution is -2.24. The van der Waals surface area contributed by atoms with Crippen LogP contribution in [-0.2, 0) is 6.54 Å². The van der Waals surface area contributed by atoms with Crippen molar-refractivity contribution in [1.29, 1.82) is 0 Å². The maximum absolute atomic E-state index is 13.2. The third-order valence-corrected chi connectivity index (χ3v) is 2.00. The molecule has 0 spiro atoms. The van der Waals surface area contributed by atoms with Gasteiger partial charge < -0.3 is 5.32 Å². The lowest BCUT2D eigenvalue weighted by atomic mass is 10.2. The minimum Gasteiger partial charge on any atom is -0.345 e. The molecule has 0 aliphatic carbocycles. The van der Waals surface area contributed by atoms with Crippen LogP contribution in [0, 0.1) is 11.6 Å². The van der Waals surface area contributed by atoms with Crippen LogP contribution in [0.2, 0.25) is 0 Å². The summed E-state index contributed by atoms with van der Waals surface area (Å²) in [5, 5.41) is 14.6. The highest BCUT2D eigenvalue weighted by molar-refractivity contribution is 5.89. The van der Waals surface area contributed by atoms with Crippen molar-refractivity contribution >= 4 is 5.91 Å². The standard InChI is InChI=1S/C9H7F2N5O/c10-6-2-1-5(7(11)3-6)4-12-9(17)8-13-15-16-14-8/h1-3H,4H2,(H,12,17)(H,13,14,15,16). The number of rotatable bonds is 3. The van der Waals surface area contributed by atoms with Crippen LogP contribution in [0.3, 0.4) is 0 Å². The Morgan fingerprint density at radius 3 is 2.88 bits per heavy atom. The first kappa shape index (κ1) is 11.1. The number of hydrogen-bond donors (Lipinski definition) is 2. The van der Waals surface area contributed by atoms with Crippen molar-refractivity contribution in [3.8, 4) is 0 Å². The Morgan fingerprint density at radius 2 is 2.24 bits per heavy atom. The van der Waals surface area contributed by atoms with Crippen LogP contribution in [0.15, 0.2) is 18.2 Å². The van der Waals surface area contributed by atoms with Crippen molar-refractivity contribution < 1.29 is 13.6 Å². The zero-order valence-corrected chi connectivity index (χ0v) is 8.44. The molecule has 0 atom stereocenters. The Kier molecular flexibility index (Phi) is 3.03. The number of amides is 1. The fourth-order valence-corrected chi connectivity index (χ4v) is 1.18. The van der Waals surface area contributed by atoms with Gasteiger partial charge in [0.25, 0.3) is 11.7 Å². The number of nitrogens with zero attached hydrogens (tertiary/aromatic N) is 3. The van der Waals surface area contributed by atoms with E-state index in [1.807, 2.05) is 0 Å². The highest BCUT2D eigenvalue weighted by Crippen LogP contribution is 2.09. The first-order valence-corrected chi connectivity index (χ1v) is 4.62. The van der Waals surface area contributed by atoms with E-state index in [0.717, 1.165) is 12.1 Å². The van der Waals surface area contributed by atoms with Crippen molar-refractivity contribution in [2.45, 2.75) is 6.54 Å². The predicted molar refractivity (Wildman–Crippen MR) is 51.7 cm³/mol. The molecule has 0 unspecified atom stereocenters. The molecule has 0 saturated heterocycles. The normalized spacial score (nSPS) is 10.2. The predicted octanol–water partition coefficient (Wildman–Crippen LogP) is 0.408. The average Bonchev–Trinajstić information content (AvgIpc) is 2.81. The molecule has 6 nitrogen and oxygen atoms in total. The van der Waals surface area contributed by atoms with Crippen molar-refractivity contribution in [3.05, 3.63) is 41.2 Å². The van der Waals surface area contributed by atoms with Gasteiger partial charge in [-0.1, -0.05) is 6.07 Å². The zero-order valence-electron chi connectivity index (χ0n) is 8.44. The number of halogens is 2. The molecule has 1 aromatic heterocycles. The van der Waals surface area contributed by atoms with Crippen LogP contribution >= 0.6 is 0 Å². The van der Waals surface area contributed by atoms with Gasteiger partial charge >= 0.3 is 0 Å². The second-order valence-electron chi connectivity index (χ2n) is 3.15. The minimum atomic E-state index is -0.724. The van der Waals surface area contributed by atoms with E-state index in [4.69, 9.17) is 0 Å². The first-order valence-electron chi connectivity index (χ1n) is 4.62. The van der Waals surface area contributed by atoms with Crippen LogP contribution in [0.1, 0.15) is 16.2 Å². The molecule has 0 saturated carbocycles. The fourth-order valence-electron chi connectivity index (χ4n) is 1.18. The van der Waals surface area contributed by atoms with E-state index >= 15 is 0 Å². The van der Waals surface area contributed by atoms with E-state index in [1.165, 1.54) is 6.07 Å². The first-order chi connectivity index (χ1) is 8.16. The fraction of sp³-hybridized carbons (Fsp3) is 0.111. The van der Waals surface area contributed by atoms with E-state index in [9.17, 15) is 13.6 Å². The molecule has 17 heavy (non-hydrogen) atoms. The average molecular weight is 239 g/mol. The third kappa shape index (κ3) is 2.60. The van der Waals surface area contributed by atoms with Gasteiger partial charge in [-0.15, -0.1) is 10.2 Å². The molecule has 1 aromatic carbocycles. The molecule has 0 aliphatic heterocycles. The second kappa shape index (κ2) is 4.64. The zero-order chi connectivity index (χ0) is 12.3. The molecule has 0 radical (unpaired) electrons. The van der Waals surface area contributed by atoms with Gasteiger partial charge in [-0.3, -0.25) is 4.79 Å². The molecule has 88 valence electrons. The summed E-state index contributed by atoms with van der Waals surface area (Å²) in [7, 11) is 0. The van der Waals surface area contributed by atoms with E-state index in [1.54, 1.807) is 0 Å². The Balaban J connectivity index is 2.01. The Bertz CT molecular complexity index is 528. The number of hydrogen-bond acceptors (Lipinski definition) is 4. The van der Waals surface area contributed by atoms with Crippen LogP contribution in [-0.4, -0.2) is 26.5 Å². The van der Waals surface area contributed by atoms with Gasteiger partial charge in [-0.25, -0.2) is 8.78 Å². The summed E-state index contributed by atoms with van der Waals surface area (Å²) in [5.41, 5.74) is 0.170. The van der Waals surface area contributed by atoms with Crippen molar-refractivity contribution in [2.24, 2.45) is 0 Å². The van der Waals surface area contributed by atoms with Gasteiger partial charge in [-0.2, -0.15) is 5.21 Å². The summed E-state index contributed by atoms with van der Waals surface area (Å²) < 4.78 is 25.8.